The monoisotopic (exact) mass is 705 g/mol. The molecule has 55 heavy (non-hydrogen) atoms. The molecule has 0 amide bonds. The summed E-state index contributed by atoms with van der Waals surface area (Å²) < 4.78 is 7.07. The maximum absolute atomic E-state index is 7.07. The number of benzene rings is 8. The Labute approximate surface area is 324 Å². The average molecular weight is 706 g/mol. The lowest BCUT2D eigenvalue weighted by Gasteiger charge is -2.42. The molecular formula is C52H40BNO. The fourth-order valence-electron chi connectivity index (χ4n) is 8.53. The summed E-state index contributed by atoms with van der Waals surface area (Å²) in [5, 5.41) is 0. The highest BCUT2D eigenvalue weighted by atomic mass is 16.5. The smallest absolute Gasteiger partial charge is 0.256 e. The molecule has 2 aliphatic rings. The van der Waals surface area contributed by atoms with Gasteiger partial charge in [-0.2, -0.15) is 0 Å². The Bertz CT molecular complexity index is 2640. The summed E-state index contributed by atoms with van der Waals surface area (Å²) in [5.41, 5.74) is 17.7. The lowest BCUT2D eigenvalue weighted by Crippen LogP contribution is -2.59. The quantitative estimate of drug-likeness (QED) is 0.165. The lowest BCUT2D eigenvalue weighted by molar-refractivity contribution is 0.483. The standard InChI is InChI=1S/C52H40BNO/c1-52(2,3)41-33-47-50-49(34-41)55-48-30-28-40(36-19-10-5-11-20-36)32-45(48)53(50)44-31-39(35-17-8-4-9-18-35)27-29-46(44)54(47)51-42(37-21-12-6-13-22-37)25-16-26-43(51)38-23-14-7-15-24-38/h4-34H,1-3H3. The van der Waals surface area contributed by atoms with Gasteiger partial charge < -0.3 is 9.64 Å². The molecule has 0 bridgehead atoms. The number of rotatable bonds is 5. The largest absolute Gasteiger partial charge is 0.458 e. The molecule has 0 spiro atoms. The Balaban J connectivity index is 1.32. The number of fused-ring (bicyclic) bond motifs is 4. The van der Waals surface area contributed by atoms with Gasteiger partial charge in [-0.3, -0.25) is 0 Å². The fourth-order valence-corrected chi connectivity index (χ4v) is 8.53. The zero-order valence-electron chi connectivity index (χ0n) is 31.3. The molecule has 2 nitrogen and oxygen atoms in total. The normalized spacial score (nSPS) is 12.7. The van der Waals surface area contributed by atoms with E-state index in [-0.39, 0.29) is 12.1 Å². The maximum atomic E-state index is 7.07. The summed E-state index contributed by atoms with van der Waals surface area (Å²) in [4.78, 5) is 2.55. The second-order valence-corrected chi connectivity index (χ2v) is 15.7. The van der Waals surface area contributed by atoms with E-state index in [9.17, 15) is 0 Å². The first-order valence-corrected chi connectivity index (χ1v) is 19.2. The Morgan fingerprint density at radius 2 is 0.927 bits per heavy atom. The average Bonchev–Trinajstić information content (AvgIpc) is 3.24. The zero-order valence-corrected chi connectivity index (χ0v) is 31.3. The first-order chi connectivity index (χ1) is 26.9. The molecule has 0 atom stereocenters. The minimum absolute atomic E-state index is 0.0506. The van der Waals surface area contributed by atoms with Crippen molar-refractivity contribution < 1.29 is 4.74 Å². The molecule has 0 saturated heterocycles. The van der Waals surface area contributed by atoms with Crippen LogP contribution in [0.15, 0.2) is 188 Å². The second kappa shape index (κ2) is 13.1. The molecule has 0 fully saturated rings. The van der Waals surface area contributed by atoms with Gasteiger partial charge in [0.05, 0.1) is 5.69 Å². The van der Waals surface area contributed by atoms with Crippen LogP contribution in [-0.2, 0) is 5.41 Å². The molecule has 3 heteroatoms. The van der Waals surface area contributed by atoms with Crippen molar-refractivity contribution in [2.24, 2.45) is 0 Å². The van der Waals surface area contributed by atoms with Crippen molar-refractivity contribution in [3.63, 3.8) is 0 Å². The van der Waals surface area contributed by atoms with Crippen LogP contribution in [0.5, 0.6) is 11.5 Å². The first-order valence-electron chi connectivity index (χ1n) is 19.2. The highest BCUT2D eigenvalue weighted by molar-refractivity contribution is 6.99. The molecular weight excluding hydrogens is 665 g/mol. The summed E-state index contributed by atoms with van der Waals surface area (Å²) in [6.45, 7) is 6.83. The van der Waals surface area contributed by atoms with Crippen LogP contribution in [0, 0.1) is 0 Å². The van der Waals surface area contributed by atoms with Gasteiger partial charge in [-0.05, 0) is 85.0 Å². The van der Waals surface area contributed by atoms with E-state index in [1.165, 1.54) is 72.1 Å². The molecule has 0 radical (unpaired) electrons. The number of hydrogen-bond acceptors (Lipinski definition) is 2. The van der Waals surface area contributed by atoms with Gasteiger partial charge in [0.25, 0.3) is 6.71 Å². The Morgan fingerprint density at radius 1 is 0.418 bits per heavy atom. The third-order valence-corrected chi connectivity index (χ3v) is 11.3. The Kier molecular flexibility index (Phi) is 7.85. The SMILES string of the molecule is CC(C)(C)c1cc2c3c(c1)N(c1c(-c4ccccc4)cccc1-c1ccccc1)c1ccc(-c4ccccc4)cc1B3c1cc(-c3ccccc3)ccc1O2. The first kappa shape index (κ1) is 33.0. The van der Waals surface area contributed by atoms with E-state index in [0.29, 0.717) is 0 Å². The van der Waals surface area contributed by atoms with Crippen LogP contribution in [0.25, 0.3) is 44.5 Å². The van der Waals surface area contributed by atoms with Gasteiger partial charge in [0, 0.05) is 22.5 Å². The molecule has 0 N–H and O–H groups in total. The highest BCUT2D eigenvalue weighted by Gasteiger charge is 2.44. The van der Waals surface area contributed by atoms with Crippen LogP contribution < -0.4 is 26.0 Å². The van der Waals surface area contributed by atoms with E-state index in [4.69, 9.17) is 4.74 Å². The van der Waals surface area contributed by atoms with Crippen molar-refractivity contribution in [1.82, 2.24) is 0 Å². The van der Waals surface area contributed by atoms with E-state index in [1.54, 1.807) is 0 Å². The van der Waals surface area contributed by atoms with Gasteiger partial charge in [-0.25, -0.2) is 0 Å². The molecule has 2 heterocycles. The van der Waals surface area contributed by atoms with Crippen LogP contribution in [0.4, 0.5) is 17.1 Å². The van der Waals surface area contributed by atoms with E-state index >= 15 is 0 Å². The summed E-state index contributed by atoms with van der Waals surface area (Å²) in [6, 6.07) is 68.4. The maximum Gasteiger partial charge on any atom is 0.256 e. The molecule has 0 aliphatic carbocycles. The summed E-state index contributed by atoms with van der Waals surface area (Å²) in [5.74, 6) is 1.83. The zero-order chi connectivity index (χ0) is 37.1. The topological polar surface area (TPSA) is 12.5 Å². The van der Waals surface area contributed by atoms with Crippen LogP contribution >= 0.6 is 0 Å². The fraction of sp³-hybridized carbons (Fsp3) is 0.0769. The Hall–Kier alpha value is -6.58. The predicted octanol–water partition coefficient (Wildman–Crippen LogP) is 12.1. The lowest BCUT2D eigenvalue weighted by atomic mass is 9.34. The summed E-state index contributed by atoms with van der Waals surface area (Å²) >= 11 is 0. The molecule has 0 saturated carbocycles. The second-order valence-electron chi connectivity index (χ2n) is 15.7. The molecule has 0 unspecified atom stereocenters. The minimum Gasteiger partial charge on any atom is -0.458 e. The van der Waals surface area contributed by atoms with Crippen molar-refractivity contribution in [2.45, 2.75) is 26.2 Å². The third kappa shape index (κ3) is 5.67. The van der Waals surface area contributed by atoms with Gasteiger partial charge in [-0.1, -0.05) is 185 Å². The van der Waals surface area contributed by atoms with Gasteiger partial charge in [-0.15, -0.1) is 0 Å². The molecule has 0 aromatic heterocycles. The number of anilines is 3. The minimum atomic E-state index is -0.119. The molecule has 262 valence electrons. The van der Waals surface area contributed by atoms with Crippen LogP contribution in [0.3, 0.4) is 0 Å². The van der Waals surface area contributed by atoms with Gasteiger partial charge in [0.2, 0.25) is 0 Å². The molecule has 2 aliphatic heterocycles. The number of nitrogens with zero attached hydrogens (tertiary/aromatic N) is 1. The molecule has 10 rings (SSSR count). The van der Waals surface area contributed by atoms with Gasteiger partial charge >= 0.3 is 0 Å². The number of ether oxygens (including phenoxy) is 1. The van der Waals surface area contributed by atoms with Crippen LogP contribution in [-0.4, -0.2) is 6.71 Å². The summed E-state index contributed by atoms with van der Waals surface area (Å²) in [7, 11) is 0. The number of para-hydroxylation sites is 1. The predicted molar refractivity (Wildman–Crippen MR) is 233 cm³/mol. The van der Waals surface area contributed by atoms with Crippen LogP contribution in [0.2, 0.25) is 0 Å². The van der Waals surface area contributed by atoms with Crippen LogP contribution in [0.1, 0.15) is 26.3 Å². The van der Waals surface area contributed by atoms with Gasteiger partial charge in [0.1, 0.15) is 11.5 Å². The van der Waals surface area contributed by atoms with E-state index < -0.39 is 0 Å². The highest BCUT2D eigenvalue weighted by Crippen LogP contribution is 2.50. The van der Waals surface area contributed by atoms with Crippen molar-refractivity contribution in [1.29, 1.82) is 0 Å². The van der Waals surface area contributed by atoms with E-state index in [2.05, 4.69) is 214 Å². The Morgan fingerprint density at radius 3 is 1.47 bits per heavy atom. The van der Waals surface area contributed by atoms with Gasteiger partial charge in [0.15, 0.2) is 0 Å². The third-order valence-electron chi connectivity index (χ3n) is 11.3. The van der Waals surface area contributed by atoms with Crippen molar-refractivity contribution in [2.75, 3.05) is 4.90 Å². The van der Waals surface area contributed by atoms with E-state index in [1.807, 2.05) is 0 Å². The molecule has 8 aromatic carbocycles. The number of hydrogen-bond donors (Lipinski definition) is 0. The summed E-state index contributed by atoms with van der Waals surface area (Å²) in [6.07, 6.45) is 0. The molecule has 8 aromatic rings. The van der Waals surface area contributed by atoms with Crippen molar-refractivity contribution >= 4 is 40.2 Å². The van der Waals surface area contributed by atoms with E-state index in [0.717, 1.165) is 22.9 Å². The van der Waals surface area contributed by atoms with Crippen molar-refractivity contribution in [3.8, 4) is 56.0 Å². The van der Waals surface area contributed by atoms with Crippen molar-refractivity contribution in [3.05, 3.63) is 194 Å².